The zero-order valence-electron chi connectivity index (χ0n) is 6.57. The van der Waals surface area contributed by atoms with Crippen LogP contribution in [0.1, 0.15) is 5.56 Å². The van der Waals surface area contributed by atoms with Crippen LogP contribution in [0.15, 0.2) is 11.1 Å². The Balaban J connectivity index is 3.49. The molecule has 0 aliphatic rings. The maximum absolute atomic E-state index is 13.0. The van der Waals surface area contributed by atoms with Crippen LogP contribution in [-0.4, -0.2) is 6.08 Å². The predicted molar refractivity (Wildman–Crippen MR) is 38.8 cm³/mol. The molecule has 1 aromatic rings. The Morgan fingerprint density at radius 3 is 2.46 bits per heavy atom. The minimum Gasteiger partial charge on any atom is -0.211 e. The third-order valence-corrected chi connectivity index (χ3v) is 1.52. The van der Waals surface area contributed by atoms with E-state index in [0.717, 1.165) is 13.0 Å². The fraction of sp³-hybridized carbons (Fsp3) is 0.125. The number of halogens is 3. The lowest BCUT2D eigenvalue weighted by Crippen LogP contribution is -1.93. The summed E-state index contributed by atoms with van der Waals surface area (Å²) in [7, 11) is 0. The summed E-state index contributed by atoms with van der Waals surface area (Å²) in [5.41, 5.74) is -1.06. The van der Waals surface area contributed by atoms with Gasteiger partial charge in [0.25, 0.3) is 0 Å². The van der Waals surface area contributed by atoms with Gasteiger partial charge >= 0.3 is 0 Å². The van der Waals surface area contributed by atoms with Crippen molar-refractivity contribution in [3.63, 3.8) is 0 Å². The van der Waals surface area contributed by atoms with Gasteiger partial charge in [0.05, 0.1) is 0 Å². The lowest BCUT2D eigenvalue weighted by molar-refractivity contribution is 0.487. The lowest BCUT2D eigenvalue weighted by atomic mass is 10.2. The highest BCUT2D eigenvalue weighted by Gasteiger charge is 2.14. The number of rotatable bonds is 1. The Morgan fingerprint density at radius 2 is 1.92 bits per heavy atom. The first-order chi connectivity index (χ1) is 6.07. The molecule has 0 aromatic heterocycles. The smallest absolute Gasteiger partial charge is 0.211 e. The maximum atomic E-state index is 13.0. The quantitative estimate of drug-likeness (QED) is 0.377. The number of benzene rings is 1. The summed E-state index contributed by atoms with van der Waals surface area (Å²) in [6, 6.07) is 0.503. The second-order valence-electron chi connectivity index (χ2n) is 2.33. The molecule has 0 bridgehead atoms. The molecule has 0 heterocycles. The Hall–Kier alpha value is -1.61. The topological polar surface area (TPSA) is 29.4 Å². The zero-order chi connectivity index (χ0) is 10.0. The van der Waals surface area contributed by atoms with Gasteiger partial charge < -0.3 is 0 Å². The molecule has 1 rings (SSSR count). The largest absolute Gasteiger partial charge is 0.240 e. The number of carbonyl (C=O) groups excluding carboxylic acids is 1. The second-order valence-corrected chi connectivity index (χ2v) is 2.33. The van der Waals surface area contributed by atoms with Crippen molar-refractivity contribution < 1.29 is 18.0 Å². The third-order valence-electron chi connectivity index (χ3n) is 1.52. The standard InChI is InChI=1S/C8H4F3NO/c1-4-7(10)5(9)2-6(8(4)11)12-3-13/h2H,1H3. The fourth-order valence-electron chi connectivity index (χ4n) is 0.845. The molecule has 0 aliphatic carbocycles. The molecular formula is C8H4F3NO. The molecule has 0 unspecified atom stereocenters. The average Bonchev–Trinajstić information content (AvgIpc) is 2.11. The van der Waals surface area contributed by atoms with Crippen LogP contribution in [-0.2, 0) is 4.79 Å². The van der Waals surface area contributed by atoms with Crippen molar-refractivity contribution in [1.29, 1.82) is 0 Å². The van der Waals surface area contributed by atoms with E-state index >= 15 is 0 Å². The van der Waals surface area contributed by atoms with Crippen LogP contribution < -0.4 is 0 Å². The number of hydrogen-bond donors (Lipinski definition) is 0. The summed E-state index contributed by atoms with van der Waals surface area (Å²) >= 11 is 0. The van der Waals surface area contributed by atoms with Crippen molar-refractivity contribution in [2.45, 2.75) is 6.92 Å². The molecule has 0 atom stereocenters. The first-order valence-electron chi connectivity index (χ1n) is 3.30. The van der Waals surface area contributed by atoms with E-state index in [2.05, 4.69) is 4.99 Å². The molecule has 0 aliphatic heterocycles. The van der Waals surface area contributed by atoms with Gasteiger partial charge in [-0.15, -0.1) is 0 Å². The molecule has 0 spiro atoms. The molecule has 0 amide bonds. The Morgan fingerprint density at radius 1 is 1.31 bits per heavy atom. The Bertz CT molecular complexity index is 397. The molecule has 0 radical (unpaired) electrons. The van der Waals surface area contributed by atoms with Gasteiger partial charge in [-0.25, -0.2) is 18.0 Å². The predicted octanol–water partition coefficient (Wildman–Crippen LogP) is 2.38. The van der Waals surface area contributed by atoms with Gasteiger partial charge in [-0.05, 0) is 6.92 Å². The summed E-state index contributed by atoms with van der Waals surface area (Å²) in [5.74, 6) is -3.57. The van der Waals surface area contributed by atoms with Crippen molar-refractivity contribution in [3.05, 3.63) is 29.1 Å². The number of isocyanates is 1. The molecule has 0 saturated heterocycles. The van der Waals surface area contributed by atoms with E-state index in [1.54, 1.807) is 0 Å². The number of hydrogen-bond acceptors (Lipinski definition) is 2. The van der Waals surface area contributed by atoms with Crippen LogP contribution in [0.3, 0.4) is 0 Å². The number of aliphatic imine (C=N–C) groups is 1. The SMILES string of the molecule is Cc1c(F)c(F)cc(N=C=O)c1F. The highest BCUT2D eigenvalue weighted by atomic mass is 19.2. The van der Waals surface area contributed by atoms with E-state index in [0.29, 0.717) is 6.07 Å². The average molecular weight is 187 g/mol. The molecule has 68 valence electrons. The first kappa shape index (κ1) is 9.48. The fourth-order valence-corrected chi connectivity index (χ4v) is 0.845. The van der Waals surface area contributed by atoms with Gasteiger partial charge in [-0.1, -0.05) is 0 Å². The van der Waals surface area contributed by atoms with E-state index in [1.807, 2.05) is 0 Å². The van der Waals surface area contributed by atoms with Crippen LogP contribution in [0.4, 0.5) is 18.9 Å². The molecule has 5 heteroatoms. The molecular weight excluding hydrogens is 183 g/mol. The van der Waals surface area contributed by atoms with Crippen molar-refractivity contribution in [3.8, 4) is 0 Å². The van der Waals surface area contributed by atoms with E-state index in [1.165, 1.54) is 0 Å². The maximum Gasteiger partial charge on any atom is 0.240 e. The zero-order valence-corrected chi connectivity index (χ0v) is 6.57. The van der Waals surface area contributed by atoms with E-state index in [-0.39, 0.29) is 0 Å². The van der Waals surface area contributed by atoms with Crippen LogP contribution >= 0.6 is 0 Å². The Kier molecular flexibility index (Phi) is 2.49. The third kappa shape index (κ3) is 1.60. The van der Waals surface area contributed by atoms with Crippen molar-refractivity contribution in [2.75, 3.05) is 0 Å². The molecule has 13 heavy (non-hydrogen) atoms. The summed E-state index contributed by atoms with van der Waals surface area (Å²) in [6.45, 7) is 1.05. The molecule has 0 fully saturated rings. The minimum atomic E-state index is -1.28. The van der Waals surface area contributed by atoms with Gasteiger partial charge in [-0.3, -0.25) is 0 Å². The lowest BCUT2D eigenvalue weighted by Gasteiger charge is -2.01. The monoisotopic (exact) mass is 187 g/mol. The highest BCUT2D eigenvalue weighted by molar-refractivity contribution is 5.51. The molecule has 0 N–H and O–H groups in total. The summed E-state index contributed by atoms with van der Waals surface area (Å²) in [6.07, 6.45) is 1.04. The van der Waals surface area contributed by atoms with Crippen molar-refractivity contribution >= 4 is 11.8 Å². The highest BCUT2D eigenvalue weighted by Crippen LogP contribution is 2.24. The summed E-state index contributed by atoms with van der Waals surface area (Å²) < 4.78 is 38.2. The van der Waals surface area contributed by atoms with Crippen molar-refractivity contribution in [1.82, 2.24) is 0 Å². The normalized spacial score (nSPS) is 9.54. The van der Waals surface area contributed by atoms with Crippen LogP contribution in [0, 0.1) is 24.4 Å². The van der Waals surface area contributed by atoms with Gasteiger partial charge in [0, 0.05) is 11.6 Å². The van der Waals surface area contributed by atoms with Crippen molar-refractivity contribution in [2.24, 2.45) is 4.99 Å². The van der Waals surface area contributed by atoms with Crippen LogP contribution in [0.5, 0.6) is 0 Å². The second kappa shape index (κ2) is 3.41. The van der Waals surface area contributed by atoms with Gasteiger partial charge in [0.1, 0.15) is 5.69 Å². The van der Waals surface area contributed by atoms with E-state index < -0.39 is 28.7 Å². The molecule has 2 nitrogen and oxygen atoms in total. The molecule has 1 aromatic carbocycles. The number of nitrogens with zero attached hydrogens (tertiary/aromatic N) is 1. The van der Waals surface area contributed by atoms with Gasteiger partial charge in [0.2, 0.25) is 6.08 Å². The minimum absolute atomic E-state index is 0.503. The van der Waals surface area contributed by atoms with E-state index in [9.17, 15) is 18.0 Å². The Labute approximate surface area is 71.7 Å². The van der Waals surface area contributed by atoms with Crippen LogP contribution in [0.25, 0.3) is 0 Å². The molecule has 0 saturated carbocycles. The van der Waals surface area contributed by atoms with Gasteiger partial charge in [0.15, 0.2) is 17.5 Å². The van der Waals surface area contributed by atoms with Crippen LogP contribution in [0.2, 0.25) is 0 Å². The van der Waals surface area contributed by atoms with E-state index in [4.69, 9.17) is 0 Å². The summed E-state index contributed by atoms with van der Waals surface area (Å²) in [4.78, 5) is 12.6. The first-order valence-corrected chi connectivity index (χ1v) is 3.30. The summed E-state index contributed by atoms with van der Waals surface area (Å²) in [5, 5.41) is 0. The van der Waals surface area contributed by atoms with Gasteiger partial charge in [-0.2, -0.15) is 4.99 Å².